The highest BCUT2D eigenvalue weighted by Gasteiger charge is 2.33. The first-order valence-electron chi connectivity index (χ1n) is 13.6. The molecule has 0 aliphatic carbocycles. The van der Waals surface area contributed by atoms with Crippen molar-refractivity contribution in [2.24, 2.45) is 0 Å². The van der Waals surface area contributed by atoms with Gasteiger partial charge in [-0.15, -0.1) is 5.10 Å². The lowest BCUT2D eigenvalue weighted by atomic mass is 10.0. The highest BCUT2D eigenvalue weighted by molar-refractivity contribution is 7.99. The zero-order valence-electron chi connectivity index (χ0n) is 22.9. The second-order valence-electron chi connectivity index (χ2n) is 9.91. The van der Waals surface area contributed by atoms with Crippen LogP contribution in [0.3, 0.4) is 0 Å². The van der Waals surface area contributed by atoms with Gasteiger partial charge in [-0.05, 0) is 58.0 Å². The number of aromatic nitrogens is 4. The Morgan fingerprint density at radius 1 is 0.884 bits per heavy atom. The van der Waals surface area contributed by atoms with Crippen LogP contribution in [-0.4, -0.2) is 45.6 Å². The molecule has 220 valence electrons. The molecule has 2 heterocycles. The SMILES string of the molecule is O=S(=O)(Nc1cccc(C2OC(CSc3nnnn3-c3ccccc3)CC(c3ccc(CO)cc3)O2)c1)c1ccccc1. The summed E-state index contributed by atoms with van der Waals surface area (Å²) in [6, 6.07) is 32.6. The first kappa shape index (κ1) is 29.0. The number of tetrazole rings is 1. The fraction of sp³-hybridized carbons (Fsp3) is 0.194. The predicted octanol–water partition coefficient (Wildman–Crippen LogP) is 5.29. The van der Waals surface area contributed by atoms with Crippen LogP contribution < -0.4 is 4.72 Å². The molecule has 0 amide bonds. The number of nitrogens with zero attached hydrogens (tertiary/aromatic N) is 4. The zero-order chi connectivity index (χ0) is 29.6. The van der Waals surface area contributed by atoms with E-state index in [9.17, 15) is 13.5 Å². The molecule has 1 aliphatic heterocycles. The Bertz CT molecular complexity index is 1750. The third-order valence-corrected chi connectivity index (χ3v) is 9.37. The van der Waals surface area contributed by atoms with Gasteiger partial charge in [0.05, 0.1) is 29.4 Å². The smallest absolute Gasteiger partial charge is 0.261 e. The van der Waals surface area contributed by atoms with Gasteiger partial charge in [0.25, 0.3) is 10.0 Å². The van der Waals surface area contributed by atoms with Crippen LogP contribution in [0.1, 0.15) is 35.5 Å². The van der Waals surface area contributed by atoms with Gasteiger partial charge in [-0.3, -0.25) is 4.72 Å². The molecule has 1 aromatic heterocycles. The Labute approximate surface area is 253 Å². The molecule has 43 heavy (non-hydrogen) atoms. The number of aliphatic hydroxyl groups excluding tert-OH is 1. The van der Waals surface area contributed by atoms with Crippen LogP contribution in [-0.2, 0) is 26.1 Å². The van der Waals surface area contributed by atoms with Crippen LogP contribution in [0.5, 0.6) is 0 Å². The quantitative estimate of drug-likeness (QED) is 0.201. The minimum atomic E-state index is -3.77. The van der Waals surface area contributed by atoms with Gasteiger partial charge in [0.2, 0.25) is 5.16 Å². The molecular formula is C31H29N5O5S2. The largest absolute Gasteiger partial charge is 0.392 e. The van der Waals surface area contributed by atoms with Crippen molar-refractivity contribution in [2.75, 3.05) is 10.5 Å². The Morgan fingerprint density at radius 3 is 2.37 bits per heavy atom. The minimum absolute atomic E-state index is 0.0430. The van der Waals surface area contributed by atoms with Crippen molar-refractivity contribution < 1.29 is 23.0 Å². The molecule has 0 saturated carbocycles. The number of nitrogens with one attached hydrogen (secondary N) is 1. The van der Waals surface area contributed by atoms with Gasteiger partial charge in [0.15, 0.2) is 6.29 Å². The van der Waals surface area contributed by atoms with Crippen molar-refractivity contribution in [3.63, 3.8) is 0 Å². The second kappa shape index (κ2) is 13.1. The Hall–Kier alpha value is -4.07. The van der Waals surface area contributed by atoms with Crippen LogP contribution in [0.25, 0.3) is 5.69 Å². The lowest BCUT2D eigenvalue weighted by Gasteiger charge is -2.36. The van der Waals surface area contributed by atoms with E-state index in [1.54, 1.807) is 53.2 Å². The summed E-state index contributed by atoms with van der Waals surface area (Å²) in [5.41, 5.74) is 3.70. The lowest BCUT2D eigenvalue weighted by Crippen LogP contribution is -2.31. The van der Waals surface area contributed by atoms with E-state index in [1.165, 1.54) is 11.8 Å². The molecule has 0 spiro atoms. The third-order valence-electron chi connectivity index (χ3n) is 6.92. The van der Waals surface area contributed by atoms with E-state index >= 15 is 0 Å². The molecule has 3 unspecified atom stereocenters. The summed E-state index contributed by atoms with van der Waals surface area (Å²) in [4.78, 5) is 0.173. The molecule has 0 radical (unpaired) electrons. The van der Waals surface area contributed by atoms with Crippen molar-refractivity contribution in [1.82, 2.24) is 20.2 Å². The van der Waals surface area contributed by atoms with Gasteiger partial charge in [-0.1, -0.05) is 84.6 Å². The number of aliphatic hydroxyl groups is 1. The van der Waals surface area contributed by atoms with E-state index in [-0.39, 0.29) is 23.7 Å². The number of ether oxygens (including phenoxy) is 2. The number of hydrogen-bond donors (Lipinski definition) is 2. The number of hydrogen-bond acceptors (Lipinski definition) is 9. The molecule has 3 atom stereocenters. The van der Waals surface area contributed by atoms with Crippen LogP contribution in [0, 0.1) is 0 Å². The van der Waals surface area contributed by atoms with Crippen molar-refractivity contribution in [2.45, 2.75) is 41.6 Å². The van der Waals surface area contributed by atoms with E-state index < -0.39 is 16.3 Å². The van der Waals surface area contributed by atoms with E-state index in [0.717, 1.165) is 16.8 Å². The Balaban J connectivity index is 1.23. The molecular weight excluding hydrogens is 587 g/mol. The maximum Gasteiger partial charge on any atom is 0.261 e. The number of para-hydroxylation sites is 1. The topological polar surface area (TPSA) is 128 Å². The molecule has 1 aliphatic rings. The van der Waals surface area contributed by atoms with Gasteiger partial charge < -0.3 is 14.6 Å². The first-order chi connectivity index (χ1) is 21.0. The Kier molecular flexibility index (Phi) is 8.82. The minimum Gasteiger partial charge on any atom is -0.392 e. The zero-order valence-corrected chi connectivity index (χ0v) is 24.6. The number of thioether (sulfide) groups is 1. The molecule has 4 aromatic carbocycles. The lowest BCUT2D eigenvalue weighted by molar-refractivity contribution is -0.245. The van der Waals surface area contributed by atoms with E-state index in [0.29, 0.717) is 28.6 Å². The Morgan fingerprint density at radius 2 is 1.63 bits per heavy atom. The molecule has 2 N–H and O–H groups in total. The van der Waals surface area contributed by atoms with Crippen molar-refractivity contribution in [1.29, 1.82) is 0 Å². The van der Waals surface area contributed by atoms with Gasteiger partial charge in [-0.2, -0.15) is 4.68 Å². The van der Waals surface area contributed by atoms with Gasteiger partial charge in [-0.25, -0.2) is 8.42 Å². The predicted molar refractivity (Wildman–Crippen MR) is 162 cm³/mol. The van der Waals surface area contributed by atoms with Crippen molar-refractivity contribution in [3.05, 3.63) is 126 Å². The highest BCUT2D eigenvalue weighted by atomic mass is 32.2. The number of sulfonamides is 1. The van der Waals surface area contributed by atoms with Gasteiger partial charge >= 0.3 is 0 Å². The standard InChI is InChI=1S/C31H29N5O5S2/c37-20-22-14-16-23(17-15-22)29-19-27(21-42-31-32-34-35-36(31)26-10-3-1-4-11-26)40-30(41-29)24-8-7-9-25(18-24)33-43(38,39)28-12-5-2-6-13-28/h1-18,27,29-30,33,37H,19-21H2. The van der Waals surface area contributed by atoms with E-state index in [4.69, 9.17) is 9.47 Å². The van der Waals surface area contributed by atoms with Crippen molar-refractivity contribution in [3.8, 4) is 5.69 Å². The van der Waals surface area contributed by atoms with Gasteiger partial charge in [0.1, 0.15) is 0 Å². The van der Waals surface area contributed by atoms with Crippen LogP contribution >= 0.6 is 11.8 Å². The third kappa shape index (κ3) is 6.95. The summed E-state index contributed by atoms with van der Waals surface area (Å²) in [7, 11) is -3.77. The molecule has 6 rings (SSSR count). The number of benzene rings is 4. The van der Waals surface area contributed by atoms with Crippen molar-refractivity contribution >= 4 is 27.5 Å². The molecule has 0 bridgehead atoms. The summed E-state index contributed by atoms with van der Waals surface area (Å²) >= 11 is 1.49. The van der Waals surface area contributed by atoms with Crippen LogP contribution in [0.2, 0.25) is 0 Å². The monoisotopic (exact) mass is 615 g/mol. The first-order valence-corrected chi connectivity index (χ1v) is 16.1. The average molecular weight is 616 g/mol. The second-order valence-corrected chi connectivity index (χ2v) is 12.6. The van der Waals surface area contributed by atoms with E-state index in [1.807, 2.05) is 60.7 Å². The molecule has 1 saturated heterocycles. The van der Waals surface area contributed by atoms with Crippen LogP contribution in [0.15, 0.2) is 119 Å². The molecule has 10 nitrogen and oxygen atoms in total. The average Bonchev–Trinajstić information content (AvgIpc) is 3.53. The summed E-state index contributed by atoms with van der Waals surface area (Å²) in [6.07, 6.45) is -0.716. The summed E-state index contributed by atoms with van der Waals surface area (Å²) < 4.78 is 43.1. The maximum absolute atomic E-state index is 12.9. The van der Waals surface area contributed by atoms with Crippen LogP contribution in [0.4, 0.5) is 5.69 Å². The highest BCUT2D eigenvalue weighted by Crippen LogP contribution is 2.40. The molecule has 5 aromatic rings. The molecule has 12 heteroatoms. The molecule has 1 fully saturated rings. The maximum atomic E-state index is 12.9. The fourth-order valence-corrected chi connectivity index (χ4v) is 6.73. The normalized spacial score (nSPS) is 18.8. The summed E-state index contributed by atoms with van der Waals surface area (Å²) in [5.74, 6) is 0.554. The summed E-state index contributed by atoms with van der Waals surface area (Å²) in [5, 5.41) is 22.4. The summed E-state index contributed by atoms with van der Waals surface area (Å²) in [6.45, 7) is -0.0430. The fourth-order valence-electron chi connectivity index (χ4n) is 4.75. The van der Waals surface area contributed by atoms with Gasteiger partial charge in [0, 0.05) is 23.4 Å². The number of rotatable bonds is 10. The number of anilines is 1. The van der Waals surface area contributed by atoms with E-state index in [2.05, 4.69) is 20.2 Å².